The molecule has 0 fully saturated rings. The van der Waals surface area contributed by atoms with Crippen molar-refractivity contribution >= 4 is 50.5 Å². The summed E-state index contributed by atoms with van der Waals surface area (Å²) in [7, 11) is -3.96. The van der Waals surface area contributed by atoms with Crippen molar-refractivity contribution in [3.63, 3.8) is 0 Å². The molecule has 1 aromatic carbocycles. The topological polar surface area (TPSA) is 81.1 Å². The second kappa shape index (κ2) is 10.3. The van der Waals surface area contributed by atoms with Gasteiger partial charge in [0.15, 0.2) is 5.82 Å². The van der Waals surface area contributed by atoms with Gasteiger partial charge in [-0.1, -0.05) is 24.9 Å². The van der Waals surface area contributed by atoms with Crippen LogP contribution in [0.3, 0.4) is 0 Å². The van der Waals surface area contributed by atoms with Crippen LogP contribution in [0.4, 0.5) is 10.2 Å². The molecule has 2 heterocycles. The standard InChI is InChI=1S/C20H23ClFN3O3S3/c1-3-16-13(2)25-17(19(30-16)29-12-6-4-5-11-22)18(23-20(25)26)24-31(27,28)15-9-7-14(21)8-10-15/h7-10H,3-6,11-12H2,1-2H3,(H,23,24,26). The molecule has 0 aliphatic carbocycles. The maximum absolute atomic E-state index is 12.9. The third kappa shape index (κ3) is 5.42. The third-order valence-corrected chi connectivity index (χ3v) is 9.05. The molecule has 2 aliphatic heterocycles. The van der Waals surface area contributed by atoms with E-state index in [1.165, 1.54) is 51.9 Å². The summed E-state index contributed by atoms with van der Waals surface area (Å²) in [5.74, 6) is 0.745. The number of sulfonamides is 1. The number of nitrogens with zero attached hydrogens (tertiary/aromatic N) is 2. The molecule has 6 nitrogen and oxygen atoms in total. The first kappa shape index (κ1) is 24.0. The number of rotatable bonds is 10. The van der Waals surface area contributed by atoms with E-state index in [9.17, 15) is 17.6 Å². The molecule has 0 unspecified atom stereocenters. The van der Waals surface area contributed by atoms with Crippen LogP contribution in [0, 0.1) is 6.92 Å². The van der Waals surface area contributed by atoms with E-state index in [4.69, 9.17) is 11.6 Å². The molecule has 0 atom stereocenters. The summed E-state index contributed by atoms with van der Waals surface area (Å²) >= 11 is 8.92. The summed E-state index contributed by atoms with van der Waals surface area (Å²) in [4.78, 5) is 17.7. The second-order valence-electron chi connectivity index (χ2n) is 6.84. The summed E-state index contributed by atoms with van der Waals surface area (Å²) in [6, 6.07) is 5.76. The van der Waals surface area contributed by atoms with E-state index in [2.05, 4.69) is 9.71 Å². The minimum absolute atomic E-state index is 0.00760. The number of thioether (sulfide) groups is 1. The van der Waals surface area contributed by atoms with E-state index in [-0.39, 0.29) is 17.4 Å². The van der Waals surface area contributed by atoms with Crippen LogP contribution in [0.2, 0.25) is 5.02 Å². The molecule has 168 valence electrons. The van der Waals surface area contributed by atoms with Crippen LogP contribution in [0.1, 0.15) is 36.8 Å². The van der Waals surface area contributed by atoms with Gasteiger partial charge in [0.1, 0.15) is 5.69 Å². The molecule has 3 rings (SSSR count). The van der Waals surface area contributed by atoms with E-state index in [1.54, 1.807) is 0 Å². The van der Waals surface area contributed by atoms with Gasteiger partial charge >= 0.3 is 5.69 Å². The van der Waals surface area contributed by atoms with E-state index in [0.717, 1.165) is 39.8 Å². The molecule has 1 aromatic rings. The highest BCUT2D eigenvalue weighted by Crippen LogP contribution is 2.39. The number of hydrogen-bond donors (Lipinski definition) is 1. The lowest BCUT2D eigenvalue weighted by Gasteiger charge is -2.17. The average molecular weight is 504 g/mol. The molecule has 0 radical (unpaired) electrons. The zero-order chi connectivity index (χ0) is 22.6. The van der Waals surface area contributed by atoms with Crippen LogP contribution >= 0.6 is 34.7 Å². The van der Waals surface area contributed by atoms with E-state index >= 15 is 0 Å². The van der Waals surface area contributed by atoms with Crippen molar-refractivity contribution in [1.82, 2.24) is 9.55 Å². The SMILES string of the molecule is CCc1sc(SCCCCCF)c2c(NS(=O)(=O)c3ccc(Cl)cc3)nc(=O)n-2c1C. The number of benzene rings is 1. The predicted molar refractivity (Wildman–Crippen MR) is 126 cm³/mol. The van der Waals surface area contributed by atoms with Gasteiger partial charge in [0, 0.05) is 15.6 Å². The quantitative estimate of drug-likeness (QED) is 0.300. The highest BCUT2D eigenvalue weighted by molar-refractivity contribution is 8.01. The van der Waals surface area contributed by atoms with Crippen LogP contribution in [-0.2, 0) is 16.4 Å². The van der Waals surface area contributed by atoms with E-state index in [0.29, 0.717) is 17.1 Å². The molecular formula is C20H23ClFN3O3S3. The number of fused-ring (bicyclic) bond motifs is 1. The number of halogens is 2. The smallest absolute Gasteiger partial charge is 0.261 e. The van der Waals surface area contributed by atoms with Gasteiger partial charge in [-0.3, -0.25) is 13.7 Å². The zero-order valence-electron chi connectivity index (χ0n) is 17.2. The van der Waals surface area contributed by atoms with Crippen molar-refractivity contribution in [2.24, 2.45) is 0 Å². The highest BCUT2D eigenvalue weighted by atomic mass is 35.5. The Balaban J connectivity index is 2.01. The lowest BCUT2D eigenvalue weighted by molar-refractivity contribution is 0.460. The fourth-order valence-electron chi connectivity index (χ4n) is 3.09. The van der Waals surface area contributed by atoms with E-state index < -0.39 is 15.7 Å². The third-order valence-electron chi connectivity index (χ3n) is 4.68. The van der Waals surface area contributed by atoms with Gasteiger partial charge < -0.3 is 0 Å². The number of imidazole rings is 1. The Hall–Kier alpha value is -1.62. The van der Waals surface area contributed by atoms with Crippen molar-refractivity contribution in [3.05, 3.63) is 50.3 Å². The maximum atomic E-state index is 12.9. The van der Waals surface area contributed by atoms with Crippen molar-refractivity contribution in [2.75, 3.05) is 17.1 Å². The van der Waals surface area contributed by atoms with Gasteiger partial charge in [0.25, 0.3) is 10.0 Å². The second-order valence-corrected chi connectivity index (χ2v) is 11.4. The van der Waals surface area contributed by atoms with Gasteiger partial charge in [-0.15, -0.1) is 23.1 Å². The number of hydrogen-bond acceptors (Lipinski definition) is 6. The average Bonchev–Trinajstić information content (AvgIpc) is 3.05. The summed E-state index contributed by atoms with van der Waals surface area (Å²) in [6.07, 6.45) is 2.87. The number of nitrogens with one attached hydrogen (secondary N) is 1. The van der Waals surface area contributed by atoms with Crippen molar-refractivity contribution < 1.29 is 12.8 Å². The number of anilines is 1. The Morgan fingerprint density at radius 2 is 1.94 bits per heavy atom. The first-order valence-electron chi connectivity index (χ1n) is 9.80. The summed E-state index contributed by atoms with van der Waals surface area (Å²) < 4.78 is 42.8. The van der Waals surface area contributed by atoms with Crippen molar-refractivity contribution in [3.8, 4) is 5.69 Å². The molecular weight excluding hydrogens is 481 g/mol. The van der Waals surface area contributed by atoms with Crippen molar-refractivity contribution in [2.45, 2.75) is 48.6 Å². The summed E-state index contributed by atoms with van der Waals surface area (Å²) in [6.45, 7) is 3.51. The monoisotopic (exact) mass is 503 g/mol. The predicted octanol–water partition coefficient (Wildman–Crippen LogP) is 5.29. The number of aromatic nitrogens is 2. The Morgan fingerprint density at radius 1 is 1.23 bits per heavy atom. The molecule has 31 heavy (non-hydrogen) atoms. The van der Waals surface area contributed by atoms with Gasteiger partial charge in [-0.2, -0.15) is 4.98 Å². The maximum Gasteiger partial charge on any atom is 0.354 e. The van der Waals surface area contributed by atoms with Gasteiger partial charge in [-0.25, -0.2) is 13.2 Å². The Labute approximate surface area is 194 Å². The van der Waals surface area contributed by atoms with Gasteiger partial charge in [-0.05, 0) is 56.2 Å². The molecule has 2 aliphatic rings. The van der Waals surface area contributed by atoms with Gasteiger partial charge in [0.2, 0.25) is 0 Å². The number of alkyl halides is 1. The minimum atomic E-state index is -3.96. The van der Waals surface area contributed by atoms with E-state index in [1.807, 2.05) is 13.8 Å². The van der Waals surface area contributed by atoms with Crippen LogP contribution < -0.4 is 10.4 Å². The number of unbranched alkanes of at least 4 members (excludes halogenated alkanes) is 2. The zero-order valence-corrected chi connectivity index (χ0v) is 20.4. The van der Waals surface area contributed by atoms with Crippen LogP contribution in [-0.4, -0.2) is 30.4 Å². The number of aryl methyl sites for hydroxylation is 1. The first-order valence-corrected chi connectivity index (χ1v) is 13.5. The summed E-state index contributed by atoms with van der Waals surface area (Å²) in [5, 5.41) is 0.421. The fraction of sp³-hybridized carbons (Fsp3) is 0.400. The van der Waals surface area contributed by atoms with Crippen LogP contribution in [0.15, 0.2) is 38.2 Å². The minimum Gasteiger partial charge on any atom is -0.261 e. The van der Waals surface area contributed by atoms with Crippen molar-refractivity contribution in [1.29, 1.82) is 0 Å². The molecule has 0 bridgehead atoms. The first-order chi connectivity index (χ1) is 14.8. The molecule has 11 heteroatoms. The molecule has 0 saturated heterocycles. The molecule has 0 saturated carbocycles. The fourth-order valence-corrected chi connectivity index (χ4v) is 6.77. The summed E-state index contributed by atoms with van der Waals surface area (Å²) in [5.41, 5.74) is 0.680. The molecule has 0 amide bonds. The van der Waals surface area contributed by atoms with Crippen LogP contribution in [0.25, 0.3) is 5.69 Å². The Morgan fingerprint density at radius 3 is 2.58 bits per heavy atom. The molecule has 0 aromatic heterocycles. The normalized spacial score (nSPS) is 11.9. The molecule has 0 spiro atoms. The molecule has 1 N–H and O–H groups in total. The Bertz CT molecular complexity index is 1180. The lowest BCUT2D eigenvalue weighted by Crippen LogP contribution is -2.18. The van der Waals surface area contributed by atoms with Gasteiger partial charge in [0.05, 0.1) is 15.8 Å². The largest absolute Gasteiger partial charge is 0.354 e. The van der Waals surface area contributed by atoms with Crippen LogP contribution in [0.5, 0.6) is 0 Å². The highest BCUT2D eigenvalue weighted by Gasteiger charge is 2.27. The Kier molecular flexibility index (Phi) is 8.01. The lowest BCUT2D eigenvalue weighted by atomic mass is 10.3.